The molecular weight excluding hydrogens is 362 g/mol. The highest BCUT2D eigenvalue weighted by Crippen LogP contribution is 2.46. The first-order chi connectivity index (χ1) is 13.5. The van der Waals surface area contributed by atoms with E-state index in [9.17, 15) is 8.78 Å². The summed E-state index contributed by atoms with van der Waals surface area (Å²) < 4.78 is 27.2. The van der Waals surface area contributed by atoms with E-state index in [1.54, 1.807) is 11.1 Å². The summed E-state index contributed by atoms with van der Waals surface area (Å²) in [5.41, 5.74) is 4.80. The van der Waals surface area contributed by atoms with Gasteiger partial charge in [0.1, 0.15) is 11.6 Å². The number of aryl methyl sites for hydroxylation is 1. The predicted molar refractivity (Wildman–Crippen MR) is 118 cm³/mol. The molecule has 2 heteroatoms. The average Bonchev–Trinajstić information content (AvgIpc) is 3.11. The van der Waals surface area contributed by atoms with Crippen LogP contribution >= 0.6 is 0 Å². The van der Waals surface area contributed by atoms with E-state index in [1.165, 1.54) is 31.4 Å². The highest BCUT2D eigenvalue weighted by atomic mass is 19.1. The summed E-state index contributed by atoms with van der Waals surface area (Å²) in [4.78, 5) is 0. The second kappa shape index (κ2) is 8.20. The van der Waals surface area contributed by atoms with E-state index < -0.39 is 0 Å². The number of benzene rings is 2. The Kier molecular flexibility index (Phi) is 6.22. The molecule has 0 aliphatic heterocycles. The zero-order valence-corrected chi connectivity index (χ0v) is 18.9. The molecule has 2 aromatic carbocycles. The molecular formula is C27H36F2. The van der Waals surface area contributed by atoms with E-state index >= 15 is 0 Å². The van der Waals surface area contributed by atoms with E-state index in [1.807, 2.05) is 0 Å². The lowest BCUT2D eigenvalue weighted by molar-refractivity contribution is 0.289. The highest BCUT2D eigenvalue weighted by molar-refractivity contribution is 5.38. The smallest absolute Gasteiger partial charge is 0.127 e. The van der Waals surface area contributed by atoms with Gasteiger partial charge in [-0.25, -0.2) is 8.78 Å². The van der Waals surface area contributed by atoms with Crippen molar-refractivity contribution in [3.63, 3.8) is 0 Å². The summed E-state index contributed by atoms with van der Waals surface area (Å²) in [7, 11) is 0. The quantitative estimate of drug-likeness (QED) is 0.419. The summed E-state index contributed by atoms with van der Waals surface area (Å²) in [5.74, 6) is 0.401. The summed E-state index contributed by atoms with van der Waals surface area (Å²) in [6, 6.07) is 11.5. The van der Waals surface area contributed by atoms with Crippen molar-refractivity contribution in [2.75, 3.05) is 0 Å². The van der Waals surface area contributed by atoms with Crippen LogP contribution in [0.5, 0.6) is 0 Å². The minimum atomic E-state index is -0.252. The van der Waals surface area contributed by atoms with Crippen molar-refractivity contribution in [1.29, 1.82) is 0 Å². The molecule has 158 valence electrons. The monoisotopic (exact) mass is 398 g/mol. The van der Waals surface area contributed by atoms with Gasteiger partial charge in [-0.05, 0) is 89.2 Å². The topological polar surface area (TPSA) is 0 Å². The van der Waals surface area contributed by atoms with Crippen molar-refractivity contribution in [1.82, 2.24) is 0 Å². The number of halogens is 2. The molecule has 0 N–H and O–H groups in total. The Hall–Kier alpha value is -1.70. The largest absolute Gasteiger partial charge is 0.207 e. The Bertz CT molecular complexity index is 852. The summed E-state index contributed by atoms with van der Waals surface area (Å²) in [6.45, 7) is 13.3. The maximum absolute atomic E-state index is 13.7. The molecule has 2 unspecified atom stereocenters. The SMILES string of the molecule is CC(C)(C)C1CCCc2ccccc21.CC(C)(C)C1CCc2c(F)ccc(F)c21. The fourth-order valence-electron chi connectivity index (χ4n) is 5.19. The second-order valence-electron chi connectivity index (χ2n) is 10.9. The van der Waals surface area contributed by atoms with Crippen LogP contribution in [-0.4, -0.2) is 0 Å². The molecule has 2 aromatic rings. The van der Waals surface area contributed by atoms with E-state index in [2.05, 4.69) is 65.8 Å². The molecule has 4 rings (SSSR count). The second-order valence-corrected chi connectivity index (χ2v) is 10.9. The molecule has 29 heavy (non-hydrogen) atoms. The summed E-state index contributed by atoms with van der Waals surface area (Å²) in [5, 5.41) is 0. The van der Waals surface area contributed by atoms with Crippen molar-refractivity contribution in [3.05, 3.63) is 70.3 Å². The lowest BCUT2D eigenvalue weighted by atomic mass is 9.69. The summed E-state index contributed by atoms with van der Waals surface area (Å²) >= 11 is 0. The molecule has 0 spiro atoms. The molecule has 2 aliphatic rings. The molecule has 2 atom stereocenters. The number of hydrogen-bond donors (Lipinski definition) is 0. The maximum atomic E-state index is 13.7. The minimum absolute atomic E-state index is 0.000116. The zero-order valence-electron chi connectivity index (χ0n) is 18.9. The third kappa shape index (κ3) is 4.73. The molecule has 0 saturated carbocycles. The third-order valence-electron chi connectivity index (χ3n) is 6.74. The predicted octanol–water partition coefficient (Wildman–Crippen LogP) is 8.19. The van der Waals surface area contributed by atoms with Crippen LogP contribution in [0, 0.1) is 22.5 Å². The van der Waals surface area contributed by atoms with Crippen LogP contribution in [0.1, 0.15) is 94.9 Å². The molecule has 0 nitrogen and oxygen atoms in total. The van der Waals surface area contributed by atoms with Crippen LogP contribution in [0.2, 0.25) is 0 Å². The summed E-state index contributed by atoms with van der Waals surface area (Å²) in [6.07, 6.45) is 5.53. The lowest BCUT2D eigenvalue weighted by Crippen LogP contribution is -2.22. The fourth-order valence-corrected chi connectivity index (χ4v) is 5.19. The van der Waals surface area contributed by atoms with Crippen LogP contribution in [-0.2, 0) is 12.8 Å². The zero-order chi connectivity index (χ0) is 21.4. The van der Waals surface area contributed by atoms with Gasteiger partial charge in [0.05, 0.1) is 0 Å². The van der Waals surface area contributed by atoms with Crippen LogP contribution in [0.15, 0.2) is 36.4 Å². The standard InChI is InChI=1S/C14H20.C13H16F2/c1-14(2,3)13-10-6-8-11-7-4-5-9-12(11)13;1-13(2,3)9-5-4-8-10(14)6-7-11(15)12(8)9/h4-5,7,9,13H,6,8,10H2,1-3H3;6-7,9H,4-5H2,1-3H3. The maximum Gasteiger partial charge on any atom is 0.127 e. The van der Waals surface area contributed by atoms with E-state index in [-0.39, 0.29) is 23.0 Å². The van der Waals surface area contributed by atoms with E-state index in [0.717, 1.165) is 12.3 Å². The molecule has 2 aliphatic carbocycles. The molecule has 0 fully saturated rings. The van der Waals surface area contributed by atoms with Gasteiger partial charge in [-0.3, -0.25) is 0 Å². The number of rotatable bonds is 0. The van der Waals surface area contributed by atoms with Gasteiger partial charge in [0.15, 0.2) is 0 Å². The highest BCUT2D eigenvalue weighted by Gasteiger charge is 2.36. The van der Waals surface area contributed by atoms with Gasteiger partial charge in [-0.1, -0.05) is 65.8 Å². The van der Waals surface area contributed by atoms with Crippen LogP contribution < -0.4 is 0 Å². The molecule has 0 bridgehead atoms. The van der Waals surface area contributed by atoms with E-state index in [4.69, 9.17) is 0 Å². The lowest BCUT2D eigenvalue weighted by Gasteiger charge is -2.35. The Labute approximate surface area is 175 Å². The Balaban J connectivity index is 0.000000166. The van der Waals surface area contributed by atoms with Gasteiger partial charge in [0.25, 0.3) is 0 Å². The average molecular weight is 399 g/mol. The number of fused-ring (bicyclic) bond motifs is 2. The van der Waals surface area contributed by atoms with Gasteiger partial charge in [-0.2, -0.15) is 0 Å². The van der Waals surface area contributed by atoms with E-state index in [0.29, 0.717) is 23.0 Å². The first-order valence-electron chi connectivity index (χ1n) is 11.0. The molecule has 0 radical (unpaired) electrons. The van der Waals surface area contributed by atoms with Gasteiger partial charge < -0.3 is 0 Å². The molecule has 0 heterocycles. The first kappa shape index (κ1) is 22.0. The van der Waals surface area contributed by atoms with Crippen LogP contribution in [0.4, 0.5) is 8.78 Å². The van der Waals surface area contributed by atoms with Gasteiger partial charge in [-0.15, -0.1) is 0 Å². The van der Waals surface area contributed by atoms with Crippen molar-refractivity contribution >= 4 is 0 Å². The normalized spacial score (nSPS) is 21.1. The van der Waals surface area contributed by atoms with Crippen molar-refractivity contribution < 1.29 is 8.78 Å². The molecule has 0 amide bonds. The van der Waals surface area contributed by atoms with Crippen molar-refractivity contribution in [3.8, 4) is 0 Å². The fraction of sp³-hybridized carbons (Fsp3) is 0.556. The Morgan fingerprint density at radius 2 is 1.34 bits per heavy atom. The van der Waals surface area contributed by atoms with Gasteiger partial charge >= 0.3 is 0 Å². The third-order valence-corrected chi connectivity index (χ3v) is 6.74. The minimum Gasteiger partial charge on any atom is -0.207 e. The van der Waals surface area contributed by atoms with Gasteiger partial charge in [0, 0.05) is 0 Å². The first-order valence-corrected chi connectivity index (χ1v) is 11.0. The molecule has 0 saturated heterocycles. The van der Waals surface area contributed by atoms with Gasteiger partial charge in [0.2, 0.25) is 0 Å². The van der Waals surface area contributed by atoms with Crippen LogP contribution in [0.25, 0.3) is 0 Å². The van der Waals surface area contributed by atoms with Crippen LogP contribution in [0.3, 0.4) is 0 Å². The number of hydrogen-bond acceptors (Lipinski definition) is 0. The van der Waals surface area contributed by atoms with Crippen molar-refractivity contribution in [2.24, 2.45) is 10.8 Å². The van der Waals surface area contributed by atoms with Crippen molar-refractivity contribution in [2.45, 2.75) is 85.5 Å². The Morgan fingerprint density at radius 1 is 0.724 bits per heavy atom. The molecule has 0 aromatic heterocycles. The Morgan fingerprint density at radius 3 is 2.00 bits per heavy atom.